The first-order valence-electron chi connectivity index (χ1n) is 8.13. The molecule has 0 spiro atoms. The van der Waals surface area contributed by atoms with Crippen LogP contribution in [0.1, 0.15) is 44.7 Å². The van der Waals surface area contributed by atoms with Crippen LogP contribution in [0.4, 0.5) is 0 Å². The smallest absolute Gasteiger partial charge is 0.238 e. The Bertz CT molecular complexity index is 482. The van der Waals surface area contributed by atoms with Crippen LogP contribution in [-0.4, -0.2) is 46.2 Å². The number of hydrogen-bond donors (Lipinski definition) is 1. The summed E-state index contributed by atoms with van der Waals surface area (Å²) in [6.45, 7) is 5.55. The molecule has 0 radical (unpaired) electrons. The lowest BCUT2D eigenvalue weighted by atomic mass is 9.84. The predicted molar refractivity (Wildman–Crippen MR) is 80.1 cm³/mol. The van der Waals surface area contributed by atoms with Crippen molar-refractivity contribution in [1.29, 1.82) is 0 Å². The maximum absolute atomic E-state index is 11.1. The number of hydrogen-bond acceptors (Lipinski definition) is 5. The van der Waals surface area contributed by atoms with Gasteiger partial charge < -0.3 is 9.84 Å². The number of aromatic nitrogens is 2. The molecule has 5 nitrogen and oxygen atoms in total. The van der Waals surface area contributed by atoms with Gasteiger partial charge in [-0.1, -0.05) is 26.2 Å². The molecule has 21 heavy (non-hydrogen) atoms. The fourth-order valence-corrected chi connectivity index (χ4v) is 3.53. The third-order valence-corrected chi connectivity index (χ3v) is 4.72. The van der Waals surface area contributed by atoms with Crippen molar-refractivity contribution in [1.82, 2.24) is 14.9 Å². The molecule has 3 heterocycles. The monoisotopic (exact) mass is 291 g/mol. The zero-order valence-corrected chi connectivity index (χ0v) is 12.8. The second kappa shape index (κ2) is 6.28. The van der Waals surface area contributed by atoms with E-state index in [1.165, 1.54) is 19.3 Å². The van der Waals surface area contributed by atoms with Crippen LogP contribution in [0.5, 0.6) is 5.88 Å². The van der Waals surface area contributed by atoms with E-state index in [4.69, 9.17) is 4.74 Å². The number of piperidine rings is 1. The summed E-state index contributed by atoms with van der Waals surface area (Å²) in [7, 11) is 0. The third-order valence-electron chi connectivity index (χ3n) is 4.72. The highest BCUT2D eigenvalue weighted by Crippen LogP contribution is 2.44. The van der Waals surface area contributed by atoms with Crippen LogP contribution in [0.15, 0.2) is 12.4 Å². The zero-order chi connectivity index (χ0) is 14.7. The Kier molecular flexibility index (Phi) is 4.40. The highest BCUT2D eigenvalue weighted by molar-refractivity contribution is 5.28. The Morgan fingerprint density at radius 1 is 1.33 bits per heavy atom. The maximum Gasteiger partial charge on any atom is 0.238 e. The predicted octanol–water partition coefficient (Wildman–Crippen LogP) is 1.96. The molecule has 0 saturated carbocycles. The molecule has 0 amide bonds. The molecule has 0 aromatic carbocycles. The zero-order valence-electron chi connectivity index (χ0n) is 12.8. The van der Waals surface area contributed by atoms with E-state index in [1.807, 2.05) is 0 Å². The van der Waals surface area contributed by atoms with Gasteiger partial charge in [0, 0.05) is 31.4 Å². The first-order chi connectivity index (χ1) is 10.2. The molecule has 3 unspecified atom stereocenters. The van der Waals surface area contributed by atoms with E-state index < -0.39 is 5.60 Å². The van der Waals surface area contributed by atoms with Crippen LogP contribution >= 0.6 is 0 Å². The number of nitrogens with zero attached hydrogens (tertiary/aromatic N) is 3. The molecule has 1 N–H and O–H groups in total. The highest BCUT2D eigenvalue weighted by Gasteiger charge is 2.52. The summed E-state index contributed by atoms with van der Waals surface area (Å²) >= 11 is 0. The van der Waals surface area contributed by atoms with Crippen molar-refractivity contribution in [2.45, 2.75) is 44.6 Å². The number of fused-ring (bicyclic) bond motifs is 2. The van der Waals surface area contributed by atoms with Crippen LogP contribution in [0, 0.1) is 5.92 Å². The first kappa shape index (κ1) is 14.7. The normalized spacial score (nSPS) is 30.8. The van der Waals surface area contributed by atoms with Gasteiger partial charge in [-0.2, -0.15) is 0 Å². The van der Waals surface area contributed by atoms with Gasteiger partial charge in [0.15, 0.2) is 0 Å². The van der Waals surface area contributed by atoms with Crippen molar-refractivity contribution >= 4 is 0 Å². The van der Waals surface area contributed by atoms with Gasteiger partial charge in [0.05, 0.1) is 6.61 Å². The Balaban J connectivity index is 1.68. The van der Waals surface area contributed by atoms with Crippen molar-refractivity contribution < 1.29 is 9.84 Å². The molecule has 2 saturated heterocycles. The van der Waals surface area contributed by atoms with E-state index in [9.17, 15) is 5.11 Å². The molecule has 116 valence electrons. The van der Waals surface area contributed by atoms with Crippen LogP contribution in [-0.2, 0) is 5.60 Å². The maximum atomic E-state index is 11.1. The molecule has 1 aromatic heterocycles. The van der Waals surface area contributed by atoms with Gasteiger partial charge in [0.2, 0.25) is 5.88 Å². The number of rotatable bonds is 7. The Morgan fingerprint density at radius 3 is 2.90 bits per heavy atom. The molecule has 3 atom stereocenters. The molecule has 0 aliphatic carbocycles. The summed E-state index contributed by atoms with van der Waals surface area (Å²) in [6, 6.07) is 0. The van der Waals surface area contributed by atoms with E-state index in [0.29, 0.717) is 24.7 Å². The molecule has 3 rings (SSSR count). The summed E-state index contributed by atoms with van der Waals surface area (Å²) in [6.07, 6.45) is 8.97. The van der Waals surface area contributed by atoms with Gasteiger partial charge in [-0.3, -0.25) is 9.88 Å². The van der Waals surface area contributed by atoms with Crippen molar-refractivity contribution in [2.75, 3.05) is 26.2 Å². The molecule has 1 aromatic rings. The summed E-state index contributed by atoms with van der Waals surface area (Å²) in [5, 5.41) is 11.1. The summed E-state index contributed by atoms with van der Waals surface area (Å²) in [5.41, 5.74) is -0.252. The van der Waals surface area contributed by atoms with Crippen LogP contribution in [0.25, 0.3) is 0 Å². The fraction of sp³-hybridized carbons (Fsp3) is 0.750. The van der Waals surface area contributed by atoms with E-state index in [2.05, 4.69) is 21.8 Å². The molecule has 2 fully saturated rings. The fourth-order valence-electron chi connectivity index (χ4n) is 3.53. The Morgan fingerprint density at radius 2 is 2.19 bits per heavy atom. The van der Waals surface area contributed by atoms with Gasteiger partial charge in [0.1, 0.15) is 11.3 Å². The summed E-state index contributed by atoms with van der Waals surface area (Å²) in [4.78, 5) is 11.0. The largest absolute Gasteiger partial charge is 0.476 e. The molecular weight excluding hydrogens is 266 g/mol. The number of aliphatic hydroxyl groups is 1. The molecule has 2 bridgehead atoms. The summed E-state index contributed by atoms with van der Waals surface area (Å²) in [5.74, 6) is 0.780. The van der Waals surface area contributed by atoms with E-state index in [1.54, 1.807) is 12.4 Å². The van der Waals surface area contributed by atoms with Gasteiger partial charge >= 0.3 is 0 Å². The van der Waals surface area contributed by atoms with Crippen molar-refractivity contribution in [2.24, 2.45) is 5.92 Å². The minimum Gasteiger partial charge on any atom is -0.476 e. The lowest BCUT2D eigenvalue weighted by Crippen LogP contribution is -2.40. The van der Waals surface area contributed by atoms with Crippen molar-refractivity contribution in [3.8, 4) is 5.88 Å². The van der Waals surface area contributed by atoms with Gasteiger partial charge in [0.25, 0.3) is 0 Å². The first-order valence-corrected chi connectivity index (χ1v) is 8.13. The van der Waals surface area contributed by atoms with Gasteiger partial charge in [-0.25, -0.2) is 4.98 Å². The third kappa shape index (κ3) is 2.90. The summed E-state index contributed by atoms with van der Waals surface area (Å²) < 4.78 is 5.82. The SMILES string of the molecule is CCCCCCOc1nccnc1C1(O)CN2CCC1C2. The van der Waals surface area contributed by atoms with Crippen molar-refractivity contribution in [3.63, 3.8) is 0 Å². The second-order valence-corrected chi connectivity index (χ2v) is 6.26. The average Bonchev–Trinajstić information content (AvgIpc) is 3.08. The highest BCUT2D eigenvalue weighted by atomic mass is 16.5. The Labute approximate surface area is 126 Å². The lowest BCUT2D eigenvalue weighted by molar-refractivity contribution is -0.0168. The lowest BCUT2D eigenvalue weighted by Gasteiger charge is -2.32. The van der Waals surface area contributed by atoms with Crippen LogP contribution < -0.4 is 4.74 Å². The minimum atomic E-state index is -0.884. The number of ether oxygens (including phenoxy) is 1. The molecule has 2 aliphatic heterocycles. The van der Waals surface area contributed by atoms with Gasteiger partial charge in [-0.15, -0.1) is 0 Å². The standard InChI is InChI=1S/C16H25N3O2/c1-2-3-4-5-10-21-15-14(17-7-8-18-15)16(20)12-19-9-6-13(16)11-19/h7-8,13,20H,2-6,9-12H2,1H3. The Hall–Kier alpha value is -1.20. The van der Waals surface area contributed by atoms with E-state index >= 15 is 0 Å². The van der Waals surface area contributed by atoms with E-state index in [0.717, 1.165) is 25.9 Å². The van der Waals surface area contributed by atoms with E-state index in [-0.39, 0.29) is 5.92 Å². The minimum absolute atomic E-state index is 0.261. The number of unbranched alkanes of at least 4 members (excludes halogenated alkanes) is 3. The average molecular weight is 291 g/mol. The van der Waals surface area contributed by atoms with Gasteiger partial charge in [-0.05, 0) is 19.4 Å². The van der Waals surface area contributed by atoms with Crippen LogP contribution in [0.3, 0.4) is 0 Å². The van der Waals surface area contributed by atoms with Crippen molar-refractivity contribution in [3.05, 3.63) is 18.1 Å². The quantitative estimate of drug-likeness (QED) is 0.778. The molecule has 5 heteroatoms. The second-order valence-electron chi connectivity index (χ2n) is 6.26. The molecular formula is C16H25N3O2. The van der Waals surface area contributed by atoms with Crippen LogP contribution in [0.2, 0.25) is 0 Å². The topological polar surface area (TPSA) is 58.5 Å². The molecule has 2 aliphatic rings.